The van der Waals surface area contributed by atoms with Gasteiger partial charge in [-0.1, -0.05) is 29.8 Å². The largest absolute Gasteiger partial charge is 0.506 e. The molecule has 0 fully saturated rings. The lowest BCUT2D eigenvalue weighted by atomic mass is 10.0. The van der Waals surface area contributed by atoms with E-state index in [2.05, 4.69) is 4.72 Å². The fourth-order valence-corrected chi connectivity index (χ4v) is 4.70. The third-order valence-corrected chi connectivity index (χ3v) is 6.39. The van der Waals surface area contributed by atoms with Gasteiger partial charge in [0.05, 0.1) is 22.2 Å². The van der Waals surface area contributed by atoms with E-state index in [1.54, 1.807) is 37.1 Å². The van der Waals surface area contributed by atoms with E-state index in [9.17, 15) is 14.3 Å². The van der Waals surface area contributed by atoms with Gasteiger partial charge in [0.15, 0.2) is 0 Å². The van der Waals surface area contributed by atoms with Crippen LogP contribution in [0.3, 0.4) is 0 Å². The third-order valence-electron chi connectivity index (χ3n) is 5.22. The van der Waals surface area contributed by atoms with Crippen LogP contribution in [0.4, 0.5) is 10.1 Å². The summed E-state index contributed by atoms with van der Waals surface area (Å²) in [5.74, 6) is -0.131. The Labute approximate surface area is 195 Å². The smallest absolute Gasteiger partial charge is 0.253 e. The number of para-hydroxylation sites is 1. The number of hydrogen-bond acceptors (Lipinski definition) is 5. The molecule has 0 aliphatic carbocycles. The van der Waals surface area contributed by atoms with E-state index in [0.717, 1.165) is 11.9 Å². The number of likely N-dealkylation sites (N-methyl/N-ethyl adjacent to an activating group) is 1. The number of nitrogens with one attached hydrogen (secondary N) is 1. The van der Waals surface area contributed by atoms with Crippen LogP contribution in [0.5, 0.6) is 11.5 Å². The van der Waals surface area contributed by atoms with E-state index >= 15 is 0 Å². The lowest BCUT2D eigenvalue weighted by molar-refractivity contribution is 0.0727. The number of halogens is 2. The Morgan fingerprint density at radius 3 is 2.75 bits per heavy atom. The van der Waals surface area contributed by atoms with E-state index in [4.69, 9.17) is 16.3 Å². The van der Waals surface area contributed by atoms with Crippen molar-refractivity contribution < 1.29 is 19.0 Å². The first-order valence-electron chi connectivity index (χ1n) is 10.0. The summed E-state index contributed by atoms with van der Waals surface area (Å²) in [5, 5.41) is 10.7. The van der Waals surface area contributed by atoms with Crippen molar-refractivity contribution in [2.24, 2.45) is 0 Å². The molecule has 1 amide bonds. The number of aryl methyl sites for hydroxylation is 1. The molecule has 1 heterocycles. The van der Waals surface area contributed by atoms with Crippen molar-refractivity contribution in [3.63, 3.8) is 0 Å². The summed E-state index contributed by atoms with van der Waals surface area (Å²) in [6.07, 6.45) is -0.320. The first kappa shape index (κ1) is 22.3. The van der Waals surface area contributed by atoms with Gasteiger partial charge in [0.2, 0.25) is 0 Å². The van der Waals surface area contributed by atoms with Gasteiger partial charge < -0.3 is 19.5 Å². The van der Waals surface area contributed by atoms with Gasteiger partial charge in [-0.15, -0.1) is 0 Å². The van der Waals surface area contributed by atoms with Gasteiger partial charge in [0.25, 0.3) is 5.91 Å². The summed E-state index contributed by atoms with van der Waals surface area (Å²) >= 11 is 7.42. The Balaban J connectivity index is 1.87. The standard InChI is InChI=1S/C24H22ClFN2O3S/c1-13-8-15-9-22(23(13)29)32-27-20-10-17(18(25)11-19(20)26)16-6-4-5-7-21(16)31-14(2)12-28(3)24(15)30/h4-11,14,27,29H,12H2,1-3H3. The summed E-state index contributed by atoms with van der Waals surface area (Å²) in [4.78, 5) is 15.0. The third kappa shape index (κ3) is 4.36. The van der Waals surface area contributed by atoms with Crippen LogP contribution in [0.25, 0.3) is 11.1 Å². The number of phenolic OH excluding ortho intramolecular Hbond substituents is 1. The van der Waals surface area contributed by atoms with Crippen molar-refractivity contribution in [3.8, 4) is 22.6 Å². The van der Waals surface area contributed by atoms with Gasteiger partial charge in [-0.3, -0.25) is 4.79 Å². The number of nitrogens with zero attached hydrogens (tertiary/aromatic N) is 1. The lowest BCUT2D eigenvalue weighted by Gasteiger charge is -2.24. The number of anilines is 1. The van der Waals surface area contributed by atoms with Gasteiger partial charge in [-0.05, 0) is 61.7 Å². The summed E-state index contributed by atoms with van der Waals surface area (Å²) in [7, 11) is 1.70. The molecule has 32 heavy (non-hydrogen) atoms. The Morgan fingerprint density at radius 2 is 1.97 bits per heavy atom. The van der Waals surface area contributed by atoms with Crippen molar-refractivity contribution in [3.05, 3.63) is 70.5 Å². The summed E-state index contributed by atoms with van der Waals surface area (Å²) in [5.41, 5.74) is 2.48. The molecule has 0 aromatic heterocycles. The van der Waals surface area contributed by atoms with Crippen LogP contribution in [0.1, 0.15) is 22.8 Å². The Bertz CT molecular complexity index is 1200. The number of amides is 1. The molecule has 4 bridgehead atoms. The van der Waals surface area contributed by atoms with Crippen molar-refractivity contribution in [2.45, 2.75) is 24.8 Å². The number of carbonyl (C=O) groups excluding carboxylic acids is 1. The van der Waals surface area contributed by atoms with Crippen LogP contribution >= 0.6 is 23.5 Å². The van der Waals surface area contributed by atoms with Crippen molar-refractivity contribution in [1.29, 1.82) is 0 Å². The molecule has 0 saturated carbocycles. The van der Waals surface area contributed by atoms with Gasteiger partial charge in [0, 0.05) is 23.7 Å². The lowest BCUT2D eigenvalue weighted by Crippen LogP contribution is -2.35. The highest BCUT2D eigenvalue weighted by molar-refractivity contribution is 8.00. The zero-order valence-electron chi connectivity index (χ0n) is 17.8. The molecule has 0 radical (unpaired) electrons. The highest BCUT2D eigenvalue weighted by Gasteiger charge is 2.21. The quantitative estimate of drug-likeness (QED) is 0.385. The molecule has 2 N–H and O–H groups in total. The molecule has 1 aliphatic rings. The number of ether oxygens (including phenoxy) is 1. The predicted octanol–water partition coefficient (Wildman–Crippen LogP) is 6.13. The highest BCUT2D eigenvalue weighted by Crippen LogP contribution is 2.40. The highest BCUT2D eigenvalue weighted by atomic mass is 35.5. The molecular formula is C24H22ClFN2O3S. The molecule has 5 nitrogen and oxygen atoms in total. The Morgan fingerprint density at radius 1 is 1.22 bits per heavy atom. The van der Waals surface area contributed by atoms with Crippen molar-refractivity contribution in [2.75, 3.05) is 18.3 Å². The molecule has 4 rings (SSSR count). The van der Waals surface area contributed by atoms with Crippen molar-refractivity contribution in [1.82, 2.24) is 4.90 Å². The average Bonchev–Trinajstić information content (AvgIpc) is 2.75. The van der Waals surface area contributed by atoms with Crippen LogP contribution in [0.15, 0.2) is 53.4 Å². The molecule has 1 aliphatic heterocycles. The fourth-order valence-electron chi connectivity index (χ4n) is 3.63. The first-order chi connectivity index (χ1) is 15.2. The van der Waals surface area contributed by atoms with Crippen LogP contribution in [-0.2, 0) is 0 Å². The minimum atomic E-state index is -0.537. The fraction of sp³-hybridized carbons (Fsp3) is 0.208. The zero-order chi connectivity index (χ0) is 23.0. The number of carbonyl (C=O) groups is 1. The second-order valence-electron chi connectivity index (χ2n) is 7.77. The molecule has 3 aromatic rings. The molecule has 1 atom stereocenters. The van der Waals surface area contributed by atoms with Crippen LogP contribution in [-0.4, -0.2) is 35.6 Å². The van der Waals surface area contributed by atoms with Gasteiger partial charge in [-0.25, -0.2) is 4.39 Å². The minimum Gasteiger partial charge on any atom is -0.506 e. The normalized spacial score (nSPS) is 16.3. The second-order valence-corrected chi connectivity index (χ2v) is 9.02. The van der Waals surface area contributed by atoms with E-state index in [-0.39, 0.29) is 28.5 Å². The monoisotopic (exact) mass is 472 g/mol. The summed E-state index contributed by atoms with van der Waals surface area (Å²) < 4.78 is 23.8. The number of rotatable bonds is 0. The van der Waals surface area contributed by atoms with Gasteiger partial charge in [-0.2, -0.15) is 0 Å². The first-order valence-corrected chi connectivity index (χ1v) is 11.2. The van der Waals surface area contributed by atoms with Crippen molar-refractivity contribution >= 4 is 35.1 Å². The van der Waals surface area contributed by atoms with E-state index < -0.39 is 5.82 Å². The molecule has 0 spiro atoms. The molecule has 0 saturated heterocycles. The molecule has 166 valence electrons. The average molecular weight is 473 g/mol. The zero-order valence-corrected chi connectivity index (χ0v) is 19.4. The van der Waals surface area contributed by atoms with Crippen LogP contribution in [0, 0.1) is 12.7 Å². The van der Waals surface area contributed by atoms with Gasteiger partial charge >= 0.3 is 0 Å². The maximum absolute atomic E-state index is 14.7. The molecule has 3 aromatic carbocycles. The topological polar surface area (TPSA) is 61.8 Å². The summed E-state index contributed by atoms with van der Waals surface area (Å²) in [6, 6.07) is 13.5. The number of phenols is 1. The maximum atomic E-state index is 14.7. The second kappa shape index (κ2) is 8.92. The molecular weight excluding hydrogens is 451 g/mol. The minimum absolute atomic E-state index is 0.0302. The summed E-state index contributed by atoms with van der Waals surface area (Å²) in [6.45, 7) is 3.94. The number of hydrogen-bond donors (Lipinski definition) is 2. The van der Waals surface area contributed by atoms with Crippen LogP contribution < -0.4 is 9.46 Å². The van der Waals surface area contributed by atoms with Gasteiger partial charge in [0.1, 0.15) is 23.4 Å². The number of fused-ring (bicyclic) bond motifs is 6. The Kier molecular flexibility index (Phi) is 6.22. The van der Waals surface area contributed by atoms with E-state index in [0.29, 0.717) is 39.4 Å². The maximum Gasteiger partial charge on any atom is 0.253 e. The number of benzene rings is 3. The predicted molar refractivity (Wildman–Crippen MR) is 126 cm³/mol. The SMILES string of the molecule is Cc1cc2cc(c1O)SNc1cc(c(Cl)cc1F)-c1ccccc1OC(C)CN(C)C2=O. The van der Waals surface area contributed by atoms with Crippen LogP contribution in [0.2, 0.25) is 5.02 Å². The molecule has 8 heteroatoms. The Hall–Kier alpha value is -2.90. The molecule has 1 unspecified atom stereocenters. The van der Waals surface area contributed by atoms with E-state index in [1.165, 1.54) is 6.07 Å². The number of aromatic hydroxyl groups is 1. The van der Waals surface area contributed by atoms with E-state index in [1.807, 2.05) is 31.2 Å².